The van der Waals surface area contributed by atoms with Gasteiger partial charge in [0, 0.05) is 50.5 Å². The lowest BCUT2D eigenvalue weighted by molar-refractivity contribution is -0.137. The van der Waals surface area contributed by atoms with E-state index in [9.17, 15) is 14.4 Å². The Balaban J connectivity index is 1.29. The van der Waals surface area contributed by atoms with E-state index in [1.54, 1.807) is 4.90 Å². The summed E-state index contributed by atoms with van der Waals surface area (Å²) in [6.45, 7) is 11.3. The van der Waals surface area contributed by atoms with Gasteiger partial charge in [-0.05, 0) is 62.1 Å². The predicted molar refractivity (Wildman–Crippen MR) is 134 cm³/mol. The Kier molecular flexibility index (Phi) is 7.03. The van der Waals surface area contributed by atoms with Crippen molar-refractivity contribution in [2.45, 2.75) is 34.1 Å². The highest BCUT2D eigenvalue weighted by molar-refractivity contribution is 6.01. The molecule has 0 saturated carbocycles. The third kappa shape index (κ3) is 4.99. The SMILES string of the molecule is Cc1cccc(NC(=O)CN2CCN(C(=O)C3CC(=O)N(c4cccc(C)c4C)C3)CC2)c1C. The minimum Gasteiger partial charge on any atom is -0.340 e. The second-order valence-electron chi connectivity index (χ2n) is 9.52. The maximum atomic E-state index is 13.2. The first kappa shape index (κ1) is 24.0. The average Bonchev–Trinajstić information content (AvgIpc) is 3.20. The maximum absolute atomic E-state index is 13.2. The molecule has 0 spiro atoms. The van der Waals surface area contributed by atoms with Gasteiger partial charge in [0.25, 0.3) is 0 Å². The lowest BCUT2D eigenvalue weighted by Crippen LogP contribution is -2.52. The number of benzene rings is 2. The van der Waals surface area contributed by atoms with Crippen molar-refractivity contribution in [1.29, 1.82) is 0 Å². The summed E-state index contributed by atoms with van der Waals surface area (Å²) < 4.78 is 0. The van der Waals surface area contributed by atoms with Gasteiger partial charge in [0.2, 0.25) is 17.7 Å². The summed E-state index contributed by atoms with van der Waals surface area (Å²) >= 11 is 0. The van der Waals surface area contributed by atoms with E-state index >= 15 is 0 Å². The number of rotatable bonds is 5. The Morgan fingerprint density at radius 1 is 0.912 bits per heavy atom. The van der Waals surface area contributed by atoms with Crippen LogP contribution in [0.1, 0.15) is 28.7 Å². The van der Waals surface area contributed by atoms with Gasteiger partial charge in [-0.15, -0.1) is 0 Å². The van der Waals surface area contributed by atoms with Crippen LogP contribution in [0.2, 0.25) is 0 Å². The standard InChI is InChI=1S/C27H34N4O3/c1-18-7-5-9-23(20(18)3)28-25(32)17-29-11-13-30(14-12-29)27(34)22-15-26(33)31(16-22)24-10-6-8-19(2)21(24)4/h5-10,22H,11-17H2,1-4H3,(H,28,32). The van der Waals surface area contributed by atoms with Crippen LogP contribution < -0.4 is 10.2 Å². The Hall–Kier alpha value is -3.19. The Bertz CT molecular complexity index is 1110. The summed E-state index contributed by atoms with van der Waals surface area (Å²) in [5.74, 6) is -0.306. The van der Waals surface area contributed by atoms with E-state index < -0.39 is 0 Å². The van der Waals surface area contributed by atoms with Crippen LogP contribution in [0, 0.1) is 33.6 Å². The van der Waals surface area contributed by atoms with Crippen LogP contribution >= 0.6 is 0 Å². The second kappa shape index (κ2) is 9.97. The fourth-order valence-electron chi connectivity index (χ4n) is 4.80. The molecule has 1 atom stereocenters. The molecule has 2 fully saturated rings. The van der Waals surface area contributed by atoms with Crippen LogP contribution in [0.25, 0.3) is 0 Å². The third-order valence-corrected chi connectivity index (χ3v) is 7.27. The molecule has 3 amide bonds. The van der Waals surface area contributed by atoms with E-state index in [2.05, 4.69) is 10.2 Å². The molecule has 2 heterocycles. The van der Waals surface area contributed by atoms with Crippen LogP contribution in [0.5, 0.6) is 0 Å². The highest BCUT2D eigenvalue weighted by atomic mass is 16.2. The molecular weight excluding hydrogens is 428 g/mol. The first-order chi connectivity index (χ1) is 16.2. The zero-order chi connectivity index (χ0) is 24.4. The van der Waals surface area contributed by atoms with Crippen molar-refractivity contribution in [2.75, 3.05) is 49.5 Å². The number of hydrogen-bond donors (Lipinski definition) is 1. The molecular formula is C27H34N4O3. The van der Waals surface area contributed by atoms with Crippen molar-refractivity contribution in [3.8, 4) is 0 Å². The van der Waals surface area contributed by atoms with Gasteiger partial charge in [0.15, 0.2) is 0 Å². The van der Waals surface area contributed by atoms with Gasteiger partial charge < -0.3 is 15.1 Å². The van der Waals surface area contributed by atoms with E-state index in [1.807, 2.05) is 69.0 Å². The van der Waals surface area contributed by atoms with E-state index in [-0.39, 0.29) is 30.1 Å². The van der Waals surface area contributed by atoms with Crippen LogP contribution in [-0.4, -0.2) is 66.8 Å². The quantitative estimate of drug-likeness (QED) is 0.741. The van der Waals surface area contributed by atoms with Crippen molar-refractivity contribution >= 4 is 29.1 Å². The summed E-state index contributed by atoms with van der Waals surface area (Å²) in [7, 11) is 0. The minimum absolute atomic E-state index is 0.00815. The number of nitrogens with zero attached hydrogens (tertiary/aromatic N) is 3. The summed E-state index contributed by atoms with van der Waals surface area (Å²) in [5, 5.41) is 3.01. The molecule has 0 radical (unpaired) electrons. The smallest absolute Gasteiger partial charge is 0.238 e. The molecule has 1 unspecified atom stereocenters. The molecule has 0 aromatic heterocycles. The lowest BCUT2D eigenvalue weighted by Gasteiger charge is -2.35. The summed E-state index contributed by atoms with van der Waals surface area (Å²) in [6, 6.07) is 11.8. The van der Waals surface area contributed by atoms with Gasteiger partial charge in [-0.2, -0.15) is 0 Å². The van der Waals surface area contributed by atoms with Crippen LogP contribution in [0.4, 0.5) is 11.4 Å². The van der Waals surface area contributed by atoms with Gasteiger partial charge in [-0.1, -0.05) is 24.3 Å². The normalized spacial score (nSPS) is 18.9. The molecule has 1 N–H and O–H groups in total. The number of amides is 3. The Morgan fingerprint density at radius 3 is 2.26 bits per heavy atom. The third-order valence-electron chi connectivity index (χ3n) is 7.27. The maximum Gasteiger partial charge on any atom is 0.238 e. The van der Waals surface area contributed by atoms with E-state index in [4.69, 9.17) is 0 Å². The fraction of sp³-hybridized carbons (Fsp3) is 0.444. The molecule has 34 heavy (non-hydrogen) atoms. The summed E-state index contributed by atoms with van der Waals surface area (Å²) in [5.41, 5.74) is 6.19. The molecule has 7 nitrogen and oxygen atoms in total. The summed E-state index contributed by atoms with van der Waals surface area (Å²) in [6.07, 6.45) is 0.255. The highest BCUT2D eigenvalue weighted by Crippen LogP contribution is 2.30. The second-order valence-corrected chi connectivity index (χ2v) is 9.52. The molecule has 4 rings (SSSR count). The van der Waals surface area contributed by atoms with Crippen LogP contribution in [0.3, 0.4) is 0 Å². The van der Waals surface area contributed by atoms with Crippen molar-refractivity contribution in [3.63, 3.8) is 0 Å². The first-order valence-electron chi connectivity index (χ1n) is 12.0. The topological polar surface area (TPSA) is 73.0 Å². The van der Waals surface area contributed by atoms with Crippen LogP contribution in [0.15, 0.2) is 36.4 Å². The Morgan fingerprint density at radius 2 is 1.56 bits per heavy atom. The molecule has 2 aromatic carbocycles. The largest absolute Gasteiger partial charge is 0.340 e. The molecule has 2 aliphatic heterocycles. The number of aryl methyl sites for hydroxylation is 2. The van der Waals surface area contributed by atoms with Crippen LogP contribution in [-0.2, 0) is 14.4 Å². The molecule has 7 heteroatoms. The monoisotopic (exact) mass is 462 g/mol. The average molecular weight is 463 g/mol. The van der Waals surface area contributed by atoms with Crippen molar-refractivity contribution in [1.82, 2.24) is 9.80 Å². The van der Waals surface area contributed by atoms with Crippen molar-refractivity contribution in [2.24, 2.45) is 5.92 Å². The predicted octanol–water partition coefficient (Wildman–Crippen LogP) is 3.06. The Labute approximate surface area is 201 Å². The zero-order valence-corrected chi connectivity index (χ0v) is 20.6. The highest BCUT2D eigenvalue weighted by Gasteiger charge is 2.38. The van der Waals surface area contributed by atoms with Gasteiger partial charge in [-0.3, -0.25) is 19.3 Å². The lowest BCUT2D eigenvalue weighted by atomic mass is 10.1. The van der Waals surface area contributed by atoms with E-state index in [0.29, 0.717) is 39.3 Å². The minimum atomic E-state index is -0.313. The van der Waals surface area contributed by atoms with Gasteiger partial charge in [0.1, 0.15) is 0 Å². The van der Waals surface area contributed by atoms with Crippen molar-refractivity contribution < 1.29 is 14.4 Å². The summed E-state index contributed by atoms with van der Waals surface area (Å²) in [4.78, 5) is 44.1. The van der Waals surface area contributed by atoms with E-state index in [0.717, 1.165) is 33.6 Å². The number of anilines is 2. The molecule has 2 aromatic rings. The molecule has 2 aliphatic rings. The zero-order valence-electron chi connectivity index (χ0n) is 20.6. The van der Waals surface area contributed by atoms with Gasteiger partial charge in [0.05, 0.1) is 12.5 Å². The number of carbonyl (C=O) groups is 3. The fourth-order valence-corrected chi connectivity index (χ4v) is 4.80. The number of carbonyl (C=O) groups excluding carboxylic acids is 3. The van der Waals surface area contributed by atoms with E-state index in [1.165, 1.54) is 0 Å². The molecule has 2 saturated heterocycles. The number of nitrogens with one attached hydrogen (secondary N) is 1. The number of hydrogen-bond acceptors (Lipinski definition) is 4. The molecule has 180 valence electrons. The van der Waals surface area contributed by atoms with Gasteiger partial charge in [-0.25, -0.2) is 0 Å². The van der Waals surface area contributed by atoms with Crippen molar-refractivity contribution in [3.05, 3.63) is 58.7 Å². The molecule has 0 aliphatic carbocycles. The number of piperazine rings is 1. The first-order valence-corrected chi connectivity index (χ1v) is 12.0. The molecule has 0 bridgehead atoms. The van der Waals surface area contributed by atoms with Gasteiger partial charge >= 0.3 is 0 Å².